The van der Waals surface area contributed by atoms with Gasteiger partial charge in [0.25, 0.3) is 0 Å². The lowest BCUT2D eigenvalue weighted by atomic mass is 9.99. The van der Waals surface area contributed by atoms with Gasteiger partial charge in [-0.1, -0.05) is 42.8 Å². The molecule has 4 aromatic rings. The molecule has 4 atom stereocenters. The van der Waals surface area contributed by atoms with Gasteiger partial charge in [0.1, 0.15) is 0 Å². The molecule has 4 aliphatic rings. The van der Waals surface area contributed by atoms with Crippen LogP contribution in [0.25, 0.3) is 0 Å². The van der Waals surface area contributed by atoms with Gasteiger partial charge < -0.3 is 16.0 Å². The molecule has 8 rings (SSSR count). The van der Waals surface area contributed by atoms with Crippen molar-refractivity contribution in [1.82, 2.24) is 40.8 Å². The van der Waals surface area contributed by atoms with Crippen LogP contribution in [0.2, 0.25) is 0 Å². The second-order valence-corrected chi connectivity index (χ2v) is 12.6. The quantitative estimate of drug-likeness (QED) is 0.209. The van der Waals surface area contributed by atoms with Crippen molar-refractivity contribution in [3.05, 3.63) is 133 Å². The lowest BCUT2D eigenvalue weighted by molar-refractivity contribution is 0.317. The first-order chi connectivity index (χ1) is 23.3. The van der Waals surface area contributed by atoms with Crippen LogP contribution in [0.15, 0.2) is 110 Å². The summed E-state index contributed by atoms with van der Waals surface area (Å²) >= 11 is 0. The number of pyridine rings is 4. The molecule has 8 nitrogen and oxygen atoms in total. The van der Waals surface area contributed by atoms with E-state index in [0.717, 1.165) is 26.1 Å². The van der Waals surface area contributed by atoms with Crippen molar-refractivity contribution in [2.75, 3.05) is 33.2 Å². The Morgan fingerprint density at radius 1 is 0.553 bits per heavy atom. The summed E-state index contributed by atoms with van der Waals surface area (Å²) in [4.78, 5) is 18.8. The van der Waals surface area contributed by atoms with Crippen molar-refractivity contribution in [1.29, 1.82) is 0 Å². The molecule has 0 spiro atoms. The van der Waals surface area contributed by atoms with Crippen molar-refractivity contribution < 1.29 is 0 Å². The van der Waals surface area contributed by atoms with Crippen molar-refractivity contribution in [3.8, 4) is 0 Å². The van der Waals surface area contributed by atoms with Crippen LogP contribution in [0.4, 0.5) is 0 Å². The van der Waals surface area contributed by atoms with E-state index in [2.05, 4.69) is 84.3 Å². The molecule has 3 fully saturated rings. The Kier molecular flexibility index (Phi) is 14.5. The highest BCUT2D eigenvalue weighted by Crippen LogP contribution is 2.29. The smallest absolute Gasteiger partial charge is 0.0372 e. The van der Waals surface area contributed by atoms with Gasteiger partial charge in [0, 0.05) is 80.3 Å². The largest absolute Gasteiger partial charge is 0.310 e. The zero-order valence-electron chi connectivity index (χ0n) is 27.9. The summed E-state index contributed by atoms with van der Waals surface area (Å²) in [6, 6.07) is 18.7. The van der Waals surface area contributed by atoms with Gasteiger partial charge in [0.2, 0.25) is 0 Å². The van der Waals surface area contributed by atoms with E-state index in [9.17, 15) is 0 Å². The SMILES string of the molecule is C1=CC[C@@H](c2cccnc2)NC1.CN1CCC[C@H]1c1cccnc1.c1cncc(C2CCCN2)c1.c1cncc([C@@H]2CCCCN2)c1. The third-order valence-electron chi connectivity index (χ3n) is 9.24. The van der Waals surface area contributed by atoms with Gasteiger partial charge in [0.05, 0.1) is 0 Å². The molecule has 3 N–H and O–H groups in total. The van der Waals surface area contributed by atoms with E-state index >= 15 is 0 Å². The van der Waals surface area contributed by atoms with Crippen molar-refractivity contribution in [3.63, 3.8) is 0 Å². The average molecular weight is 633 g/mol. The Bertz CT molecular complexity index is 1390. The second-order valence-electron chi connectivity index (χ2n) is 12.6. The van der Waals surface area contributed by atoms with Crippen LogP contribution in [0, 0.1) is 0 Å². The highest BCUT2D eigenvalue weighted by Gasteiger charge is 2.22. The maximum absolute atomic E-state index is 4.14. The molecule has 248 valence electrons. The fraction of sp³-hybridized carbons (Fsp3) is 0.436. The molecule has 3 saturated heterocycles. The molecule has 47 heavy (non-hydrogen) atoms. The Morgan fingerprint density at radius 2 is 1.09 bits per heavy atom. The zero-order valence-corrected chi connectivity index (χ0v) is 27.9. The second kappa shape index (κ2) is 19.8. The molecule has 0 aromatic carbocycles. The molecular weight excluding hydrogens is 580 g/mol. The Labute approximate surface area is 281 Å². The van der Waals surface area contributed by atoms with Crippen LogP contribution in [0.5, 0.6) is 0 Å². The molecule has 0 saturated carbocycles. The first-order valence-electron chi connectivity index (χ1n) is 17.4. The van der Waals surface area contributed by atoms with Gasteiger partial charge >= 0.3 is 0 Å². The number of hydrogen-bond acceptors (Lipinski definition) is 8. The number of hydrogen-bond donors (Lipinski definition) is 3. The first-order valence-corrected chi connectivity index (χ1v) is 17.4. The Morgan fingerprint density at radius 3 is 1.51 bits per heavy atom. The maximum atomic E-state index is 4.14. The topological polar surface area (TPSA) is 90.9 Å². The van der Waals surface area contributed by atoms with Gasteiger partial charge in [0.15, 0.2) is 0 Å². The van der Waals surface area contributed by atoms with E-state index in [1.54, 1.807) is 0 Å². The first kappa shape index (κ1) is 34.5. The van der Waals surface area contributed by atoms with Crippen LogP contribution >= 0.6 is 0 Å². The average Bonchev–Trinajstić information content (AvgIpc) is 3.87. The van der Waals surface area contributed by atoms with Crippen LogP contribution in [-0.2, 0) is 0 Å². The summed E-state index contributed by atoms with van der Waals surface area (Å²) < 4.78 is 0. The molecule has 4 aromatic heterocycles. The highest BCUT2D eigenvalue weighted by molar-refractivity contribution is 5.18. The van der Waals surface area contributed by atoms with Crippen LogP contribution in [0.3, 0.4) is 0 Å². The number of aromatic nitrogens is 4. The van der Waals surface area contributed by atoms with Gasteiger partial charge in [-0.2, -0.15) is 0 Å². The number of rotatable bonds is 4. The normalized spacial score (nSPS) is 23.7. The van der Waals surface area contributed by atoms with Crippen molar-refractivity contribution in [2.24, 2.45) is 0 Å². The number of nitrogens with zero attached hydrogens (tertiary/aromatic N) is 5. The fourth-order valence-electron chi connectivity index (χ4n) is 6.62. The predicted octanol–water partition coefficient (Wildman–Crippen LogP) is 6.92. The monoisotopic (exact) mass is 632 g/mol. The standard InChI is InChI=1S/2C10H14N2.C10H12N2.C9H12N2/c1-12-7-3-5-10(12)9-4-2-6-11-8-9;2*1-2-7-12-10(5-1)9-4-3-6-11-8-9;1-3-8(7-10-5-1)9-4-2-6-11-9/h2,4,6,8,10H,3,5,7H2,1H3;3-4,6,8,10,12H,1-2,5,7H2;1-4,6,8,10,12H,5,7H2;1,3,5,7,9,11H,2,4,6H2/t3*10-;/m000./s1. The minimum absolute atomic E-state index is 0.462. The van der Waals surface area contributed by atoms with E-state index in [0.29, 0.717) is 24.2 Å². The fourth-order valence-corrected chi connectivity index (χ4v) is 6.62. The molecule has 8 heteroatoms. The minimum Gasteiger partial charge on any atom is -0.310 e. The van der Waals surface area contributed by atoms with E-state index < -0.39 is 0 Å². The molecule has 1 unspecified atom stereocenters. The number of piperidine rings is 1. The summed E-state index contributed by atoms with van der Waals surface area (Å²) in [6.45, 7) is 4.50. The van der Waals surface area contributed by atoms with E-state index in [4.69, 9.17) is 0 Å². The number of nitrogens with one attached hydrogen (secondary N) is 3. The van der Waals surface area contributed by atoms with Gasteiger partial charge in [-0.25, -0.2) is 0 Å². The molecule has 4 aliphatic heterocycles. The van der Waals surface area contributed by atoms with Gasteiger partial charge in [-0.15, -0.1) is 0 Å². The third-order valence-corrected chi connectivity index (χ3v) is 9.24. The molecule has 8 heterocycles. The summed E-state index contributed by atoms with van der Waals surface area (Å²) in [7, 11) is 2.19. The van der Waals surface area contributed by atoms with Gasteiger partial charge in [-0.05, 0) is 118 Å². The zero-order chi connectivity index (χ0) is 32.4. The molecule has 0 amide bonds. The Balaban J connectivity index is 0.000000123. The molecule has 0 aliphatic carbocycles. The molecular formula is C39H52N8. The number of likely N-dealkylation sites (tertiary alicyclic amines) is 1. The van der Waals surface area contributed by atoms with Crippen LogP contribution in [0.1, 0.15) is 97.8 Å². The van der Waals surface area contributed by atoms with Crippen molar-refractivity contribution >= 4 is 0 Å². The third kappa shape index (κ3) is 11.4. The van der Waals surface area contributed by atoms with Gasteiger partial charge in [-0.3, -0.25) is 24.8 Å². The van der Waals surface area contributed by atoms with Crippen LogP contribution in [-0.4, -0.2) is 58.1 Å². The van der Waals surface area contributed by atoms with Crippen molar-refractivity contribution in [2.45, 2.75) is 75.5 Å². The van der Waals surface area contributed by atoms with E-state index in [1.807, 2.05) is 73.8 Å². The predicted molar refractivity (Wildman–Crippen MR) is 191 cm³/mol. The lowest BCUT2D eigenvalue weighted by Crippen LogP contribution is -2.26. The summed E-state index contributed by atoms with van der Waals surface area (Å²) in [5, 5.41) is 10.3. The Hall–Kier alpha value is -3.82. The molecule has 0 bridgehead atoms. The lowest BCUT2D eigenvalue weighted by Gasteiger charge is -2.23. The van der Waals surface area contributed by atoms with E-state index in [1.165, 1.54) is 73.7 Å². The highest BCUT2D eigenvalue weighted by atomic mass is 15.1. The molecule has 0 radical (unpaired) electrons. The van der Waals surface area contributed by atoms with Crippen LogP contribution < -0.4 is 16.0 Å². The van der Waals surface area contributed by atoms with E-state index in [-0.39, 0.29) is 0 Å². The minimum atomic E-state index is 0.462. The summed E-state index contributed by atoms with van der Waals surface area (Å²) in [5.74, 6) is 0. The summed E-state index contributed by atoms with van der Waals surface area (Å²) in [6.07, 6.45) is 29.6. The summed E-state index contributed by atoms with van der Waals surface area (Å²) in [5.41, 5.74) is 5.29. The maximum Gasteiger partial charge on any atom is 0.0372 e.